The summed E-state index contributed by atoms with van der Waals surface area (Å²) >= 11 is 0. The van der Waals surface area contributed by atoms with Gasteiger partial charge in [0.25, 0.3) is 0 Å². The van der Waals surface area contributed by atoms with Gasteiger partial charge in [-0.05, 0) is 39.3 Å². The average molecular weight is 249 g/mol. The van der Waals surface area contributed by atoms with E-state index in [1.54, 1.807) is 0 Å². The van der Waals surface area contributed by atoms with Gasteiger partial charge >= 0.3 is 0 Å². The summed E-state index contributed by atoms with van der Waals surface area (Å²) in [4.78, 5) is 18.1. The van der Waals surface area contributed by atoms with Gasteiger partial charge in [0.2, 0.25) is 5.91 Å². The van der Waals surface area contributed by atoms with E-state index in [-0.39, 0.29) is 11.9 Å². The maximum Gasteiger partial charge on any atom is 0.239 e. The van der Waals surface area contributed by atoms with Crippen molar-refractivity contribution in [1.82, 2.24) is 15.2 Å². The first kappa shape index (κ1) is 14.6. The van der Waals surface area contributed by atoms with Gasteiger partial charge in [0, 0.05) is 31.5 Å². The minimum atomic E-state index is -0.161. The Labute approximate surface area is 109 Å². The Hall–Kier alpha value is -1.42. The van der Waals surface area contributed by atoms with Gasteiger partial charge in [-0.3, -0.25) is 9.78 Å². The van der Waals surface area contributed by atoms with Gasteiger partial charge in [-0.15, -0.1) is 0 Å². The lowest BCUT2D eigenvalue weighted by molar-refractivity contribution is -0.132. The van der Waals surface area contributed by atoms with Crippen LogP contribution in [0, 0.1) is 6.92 Å². The highest BCUT2D eigenvalue weighted by atomic mass is 16.2. The number of rotatable bonds is 6. The first-order valence-electron chi connectivity index (χ1n) is 6.52. The summed E-state index contributed by atoms with van der Waals surface area (Å²) in [5.74, 6) is 0.153. The van der Waals surface area contributed by atoms with Crippen LogP contribution in [0.1, 0.15) is 32.0 Å². The van der Waals surface area contributed by atoms with E-state index in [4.69, 9.17) is 0 Å². The number of likely N-dealkylation sites (N-methyl/N-ethyl adjacent to an activating group) is 1. The van der Waals surface area contributed by atoms with E-state index in [9.17, 15) is 4.79 Å². The molecule has 1 heterocycles. The number of hydrogen-bond donors (Lipinski definition) is 1. The van der Waals surface area contributed by atoms with Gasteiger partial charge < -0.3 is 10.2 Å². The van der Waals surface area contributed by atoms with Crippen molar-refractivity contribution in [3.63, 3.8) is 0 Å². The number of hydrogen-bond acceptors (Lipinski definition) is 3. The van der Waals surface area contributed by atoms with Crippen molar-refractivity contribution in [2.75, 3.05) is 13.1 Å². The lowest BCUT2D eigenvalue weighted by Crippen LogP contribution is -2.44. The fourth-order valence-corrected chi connectivity index (χ4v) is 1.77. The molecule has 1 amide bonds. The standard InChI is InChI=1S/C14H23N3O/c1-5-17(6-2)14(18)12(4)16-10-13-8-7-11(3)15-9-13/h7-9,12,16H,5-6,10H2,1-4H3. The lowest BCUT2D eigenvalue weighted by atomic mass is 10.2. The predicted molar refractivity (Wildman–Crippen MR) is 73.2 cm³/mol. The van der Waals surface area contributed by atoms with Gasteiger partial charge in [-0.25, -0.2) is 0 Å². The summed E-state index contributed by atoms with van der Waals surface area (Å²) < 4.78 is 0. The van der Waals surface area contributed by atoms with Crippen molar-refractivity contribution in [3.8, 4) is 0 Å². The molecule has 1 rings (SSSR count). The summed E-state index contributed by atoms with van der Waals surface area (Å²) in [6, 6.07) is 3.85. The van der Waals surface area contributed by atoms with Gasteiger partial charge in [0.1, 0.15) is 0 Å². The Balaban J connectivity index is 2.47. The Kier molecular flexibility index (Phi) is 5.78. The van der Waals surface area contributed by atoms with Crippen molar-refractivity contribution >= 4 is 5.91 Å². The molecule has 1 aromatic rings. The number of carbonyl (C=O) groups excluding carboxylic acids is 1. The molecule has 0 radical (unpaired) electrons. The van der Waals surface area contributed by atoms with Crippen molar-refractivity contribution in [2.45, 2.75) is 40.3 Å². The molecule has 0 aliphatic rings. The SMILES string of the molecule is CCN(CC)C(=O)C(C)NCc1ccc(C)nc1. The zero-order chi connectivity index (χ0) is 13.5. The van der Waals surface area contributed by atoms with E-state index in [2.05, 4.69) is 10.3 Å². The zero-order valence-electron chi connectivity index (χ0n) is 11.7. The molecule has 0 bridgehead atoms. The molecule has 100 valence electrons. The third-order valence-corrected chi connectivity index (χ3v) is 3.03. The maximum absolute atomic E-state index is 12.0. The molecule has 0 aliphatic carbocycles. The van der Waals surface area contributed by atoms with Crippen LogP contribution in [0.25, 0.3) is 0 Å². The fraction of sp³-hybridized carbons (Fsp3) is 0.571. The number of aromatic nitrogens is 1. The molecule has 1 atom stereocenters. The number of nitrogens with zero attached hydrogens (tertiary/aromatic N) is 2. The van der Waals surface area contributed by atoms with Crippen LogP contribution in [0.15, 0.2) is 18.3 Å². The Morgan fingerprint density at radius 2 is 2.06 bits per heavy atom. The first-order valence-corrected chi connectivity index (χ1v) is 6.52. The number of amides is 1. The molecule has 0 saturated heterocycles. The van der Waals surface area contributed by atoms with Crippen LogP contribution in [-0.2, 0) is 11.3 Å². The van der Waals surface area contributed by atoms with Crippen LogP contribution in [0.4, 0.5) is 0 Å². The van der Waals surface area contributed by atoms with Crippen molar-refractivity contribution < 1.29 is 4.79 Å². The molecule has 0 spiro atoms. The summed E-state index contributed by atoms with van der Waals surface area (Å²) in [6.45, 7) is 10.0. The molecular formula is C14H23N3O. The highest BCUT2D eigenvalue weighted by Gasteiger charge is 2.17. The molecule has 0 fully saturated rings. The van der Waals surface area contributed by atoms with Crippen LogP contribution in [0.3, 0.4) is 0 Å². The van der Waals surface area contributed by atoms with Crippen LogP contribution >= 0.6 is 0 Å². The smallest absolute Gasteiger partial charge is 0.239 e. The second-order valence-electron chi connectivity index (χ2n) is 4.42. The molecule has 0 aromatic carbocycles. The second kappa shape index (κ2) is 7.11. The largest absolute Gasteiger partial charge is 0.342 e. The van der Waals surface area contributed by atoms with Crippen LogP contribution in [0.5, 0.6) is 0 Å². The molecule has 18 heavy (non-hydrogen) atoms. The molecule has 4 nitrogen and oxygen atoms in total. The molecule has 1 aromatic heterocycles. The van der Waals surface area contributed by atoms with E-state index in [1.807, 2.05) is 50.9 Å². The van der Waals surface area contributed by atoms with E-state index in [1.165, 1.54) is 0 Å². The average Bonchev–Trinajstić information content (AvgIpc) is 2.39. The Morgan fingerprint density at radius 3 is 2.56 bits per heavy atom. The van der Waals surface area contributed by atoms with Gasteiger partial charge in [-0.1, -0.05) is 6.07 Å². The number of carbonyl (C=O) groups is 1. The summed E-state index contributed by atoms with van der Waals surface area (Å²) in [7, 11) is 0. The van der Waals surface area contributed by atoms with Gasteiger partial charge in [0.05, 0.1) is 6.04 Å². The minimum Gasteiger partial charge on any atom is -0.342 e. The topological polar surface area (TPSA) is 45.2 Å². The molecule has 4 heteroatoms. The highest BCUT2D eigenvalue weighted by Crippen LogP contribution is 2.01. The monoisotopic (exact) mass is 249 g/mol. The van der Waals surface area contributed by atoms with E-state index in [0.717, 1.165) is 24.3 Å². The van der Waals surface area contributed by atoms with E-state index < -0.39 is 0 Å². The van der Waals surface area contributed by atoms with E-state index >= 15 is 0 Å². The van der Waals surface area contributed by atoms with E-state index in [0.29, 0.717) is 6.54 Å². The molecule has 1 unspecified atom stereocenters. The number of nitrogens with one attached hydrogen (secondary N) is 1. The zero-order valence-corrected chi connectivity index (χ0v) is 11.7. The van der Waals surface area contributed by atoms with Crippen LogP contribution in [0.2, 0.25) is 0 Å². The van der Waals surface area contributed by atoms with Crippen LogP contribution < -0.4 is 5.32 Å². The van der Waals surface area contributed by atoms with Crippen molar-refractivity contribution in [2.24, 2.45) is 0 Å². The summed E-state index contributed by atoms with van der Waals surface area (Å²) in [6.07, 6.45) is 1.84. The molecule has 0 aliphatic heterocycles. The summed E-state index contributed by atoms with van der Waals surface area (Å²) in [5.41, 5.74) is 2.10. The third kappa shape index (κ3) is 4.11. The Bertz CT molecular complexity index is 371. The van der Waals surface area contributed by atoms with Crippen molar-refractivity contribution in [3.05, 3.63) is 29.6 Å². The van der Waals surface area contributed by atoms with Gasteiger partial charge in [0.15, 0.2) is 0 Å². The fourth-order valence-electron chi connectivity index (χ4n) is 1.77. The molecule has 1 N–H and O–H groups in total. The van der Waals surface area contributed by atoms with Gasteiger partial charge in [-0.2, -0.15) is 0 Å². The minimum absolute atomic E-state index is 0.153. The number of aryl methyl sites for hydroxylation is 1. The molecular weight excluding hydrogens is 226 g/mol. The normalized spacial score (nSPS) is 12.2. The maximum atomic E-state index is 12.0. The Morgan fingerprint density at radius 1 is 1.39 bits per heavy atom. The summed E-state index contributed by atoms with van der Waals surface area (Å²) in [5, 5.41) is 3.24. The third-order valence-electron chi connectivity index (χ3n) is 3.03. The second-order valence-corrected chi connectivity index (χ2v) is 4.42. The van der Waals surface area contributed by atoms with Crippen molar-refractivity contribution in [1.29, 1.82) is 0 Å². The highest BCUT2D eigenvalue weighted by molar-refractivity contribution is 5.81. The lowest BCUT2D eigenvalue weighted by Gasteiger charge is -2.23. The predicted octanol–water partition coefficient (Wildman–Crippen LogP) is 1.74. The first-order chi connectivity index (χ1) is 8.58. The number of pyridine rings is 1. The van der Waals surface area contributed by atoms with Crippen LogP contribution in [-0.4, -0.2) is 34.9 Å². The molecule has 0 saturated carbocycles. The quantitative estimate of drug-likeness (QED) is 0.835.